The monoisotopic (exact) mass is 372 g/mol. The van der Waals surface area contributed by atoms with Gasteiger partial charge in [0.1, 0.15) is 17.9 Å². The number of nitriles is 1. The largest absolute Gasteiger partial charge is 0.496 e. The van der Waals surface area contributed by atoms with Crippen LogP contribution in [0.3, 0.4) is 0 Å². The summed E-state index contributed by atoms with van der Waals surface area (Å²) in [6.07, 6.45) is 1.75. The number of anilines is 1. The predicted molar refractivity (Wildman–Crippen MR) is 96.2 cm³/mol. The quantitative estimate of drug-likeness (QED) is 0.679. The second kappa shape index (κ2) is 8.71. The molecule has 0 fully saturated rings. The van der Waals surface area contributed by atoms with Crippen LogP contribution in [-0.4, -0.2) is 35.2 Å². The zero-order valence-corrected chi connectivity index (χ0v) is 15.1. The normalized spacial score (nSPS) is 11.5. The highest BCUT2D eigenvalue weighted by Crippen LogP contribution is 2.34. The van der Waals surface area contributed by atoms with Gasteiger partial charge in [-0.05, 0) is 18.4 Å². The van der Waals surface area contributed by atoms with E-state index < -0.39 is 18.0 Å². The number of nitrogens with one attached hydrogen (secondary N) is 2. The molecule has 1 aromatic carbocycles. The molecule has 2 amide bonds. The van der Waals surface area contributed by atoms with Gasteiger partial charge in [-0.2, -0.15) is 5.26 Å². The molecular weight excluding hydrogens is 352 g/mol. The van der Waals surface area contributed by atoms with Gasteiger partial charge in [0, 0.05) is 6.07 Å². The molecule has 1 heterocycles. The fourth-order valence-electron chi connectivity index (χ4n) is 2.56. The molecular formula is C18H20N4O5. The molecule has 3 N–H and O–H groups in total. The first-order valence-electron chi connectivity index (χ1n) is 8.17. The van der Waals surface area contributed by atoms with Gasteiger partial charge in [-0.1, -0.05) is 13.8 Å². The summed E-state index contributed by atoms with van der Waals surface area (Å²) in [6.45, 7) is 3.75. The van der Waals surface area contributed by atoms with E-state index in [9.17, 15) is 14.9 Å². The van der Waals surface area contributed by atoms with Crippen molar-refractivity contribution >= 4 is 17.7 Å². The maximum atomic E-state index is 12.5. The number of amides is 2. The van der Waals surface area contributed by atoms with E-state index in [1.165, 1.54) is 31.8 Å². The third kappa shape index (κ3) is 4.98. The molecule has 0 saturated heterocycles. The van der Waals surface area contributed by atoms with Crippen molar-refractivity contribution in [3.05, 3.63) is 30.3 Å². The summed E-state index contributed by atoms with van der Waals surface area (Å²) >= 11 is 0. The van der Waals surface area contributed by atoms with Gasteiger partial charge < -0.3 is 24.9 Å². The van der Waals surface area contributed by atoms with Crippen molar-refractivity contribution in [1.29, 1.82) is 5.26 Å². The number of hydrogen-bond acceptors (Lipinski definition) is 6. The molecule has 142 valence electrons. The van der Waals surface area contributed by atoms with E-state index in [4.69, 9.17) is 14.3 Å². The standard InChI is InChI=1S/C18H20N4O5/c1-10(2)4-14(22-18(24)25)17(23)21-13-6-15(26-3)12(5-11(13)7-19)16-8-20-9-27-16/h5-6,8-10,14,22H,4H2,1-3H3,(H,21,23)(H,24,25). The van der Waals surface area contributed by atoms with E-state index >= 15 is 0 Å². The Kier molecular flexibility index (Phi) is 6.38. The summed E-state index contributed by atoms with van der Waals surface area (Å²) in [5, 5.41) is 23.2. The lowest BCUT2D eigenvalue weighted by atomic mass is 10.0. The highest BCUT2D eigenvalue weighted by Gasteiger charge is 2.23. The maximum absolute atomic E-state index is 12.5. The van der Waals surface area contributed by atoms with Gasteiger partial charge in [-0.3, -0.25) is 4.79 Å². The third-order valence-electron chi connectivity index (χ3n) is 3.74. The summed E-state index contributed by atoms with van der Waals surface area (Å²) < 4.78 is 10.6. The average molecular weight is 372 g/mol. The first-order valence-corrected chi connectivity index (χ1v) is 8.17. The van der Waals surface area contributed by atoms with Crippen LogP contribution in [0.1, 0.15) is 25.8 Å². The zero-order chi connectivity index (χ0) is 20.0. The Morgan fingerprint density at radius 2 is 2.15 bits per heavy atom. The molecule has 9 heteroatoms. The van der Waals surface area contributed by atoms with Crippen LogP contribution in [0.4, 0.5) is 10.5 Å². The van der Waals surface area contributed by atoms with Crippen molar-refractivity contribution in [3.8, 4) is 23.1 Å². The van der Waals surface area contributed by atoms with Gasteiger partial charge in [0.25, 0.3) is 0 Å². The lowest BCUT2D eigenvalue weighted by Crippen LogP contribution is -2.44. The first kappa shape index (κ1) is 19.8. The van der Waals surface area contributed by atoms with Gasteiger partial charge >= 0.3 is 6.09 Å². The highest BCUT2D eigenvalue weighted by atomic mass is 16.5. The zero-order valence-electron chi connectivity index (χ0n) is 15.1. The number of rotatable bonds is 7. The smallest absolute Gasteiger partial charge is 0.405 e. The van der Waals surface area contributed by atoms with Gasteiger partial charge in [0.15, 0.2) is 12.2 Å². The molecule has 0 spiro atoms. The minimum absolute atomic E-state index is 0.0893. The van der Waals surface area contributed by atoms with E-state index in [1.807, 2.05) is 19.9 Å². The Morgan fingerprint density at radius 1 is 1.41 bits per heavy atom. The predicted octanol–water partition coefficient (Wildman–Crippen LogP) is 2.84. The van der Waals surface area contributed by atoms with Crippen molar-refractivity contribution in [2.75, 3.05) is 12.4 Å². The van der Waals surface area contributed by atoms with E-state index in [2.05, 4.69) is 15.6 Å². The summed E-state index contributed by atoms with van der Waals surface area (Å²) in [6, 6.07) is 4.05. The fourth-order valence-corrected chi connectivity index (χ4v) is 2.56. The summed E-state index contributed by atoms with van der Waals surface area (Å²) in [5.41, 5.74) is 0.893. The number of carbonyl (C=O) groups excluding carboxylic acids is 1. The average Bonchev–Trinajstić information content (AvgIpc) is 3.14. The van der Waals surface area contributed by atoms with E-state index in [-0.39, 0.29) is 17.2 Å². The first-order chi connectivity index (χ1) is 12.8. The van der Waals surface area contributed by atoms with E-state index in [0.29, 0.717) is 23.5 Å². The molecule has 9 nitrogen and oxygen atoms in total. The number of carbonyl (C=O) groups is 2. The Morgan fingerprint density at radius 3 is 2.67 bits per heavy atom. The second-order valence-electron chi connectivity index (χ2n) is 6.20. The van der Waals surface area contributed by atoms with Crippen molar-refractivity contribution in [1.82, 2.24) is 10.3 Å². The molecule has 2 rings (SSSR count). The number of ether oxygens (including phenoxy) is 1. The van der Waals surface area contributed by atoms with Crippen molar-refractivity contribution < 1.29 is 23.8 Å². The van der Waals surface area contributed by atoms with Crippen LogP contribution in [0.25, 0.3) is 11.3 Å². The van der Waals surface area contributed by atoms with Crippen LogP contribution in [0.2, 0.25) is 0 Å². The van der Waals surface area contributed by atoms with Gasteiger partial charge in [0.05, 0.1) is 30.1 Å². The fraction of sp³-hybridized carbons (Fsp3) is 0.333. The number of hydrogen-bond donors (Lipinski definition) is 3. The number of oxazole rings is 1. The number of nitrogens with zero attached hydrogens (tertiary/aromatic N) is 2. The SMILES string of the molecule is COc1cc(NC(=O)C(CC(C)C)NC(=O)O)c(C#N)cc1-c1cnco1. The minimum Gasteiger partial charge on any atom is -0.496 e. The Balaban J connectivity index is 2.35. The molecule has 0 aliphatic heterocycles. The summed E-state index contributed by atoms with van der Waals surface area (Å²) in [5.74, 6) is 0.308. The maximum Gasteiger partial charge on any atom is 0.405 e. The van der Waals surface area contributed by atoms with Gasteiger partial charge in [-0.15, -0.1) is 0 Å². The van der Waals surface area contributed by atoms with Crippen LogP contribution in [0.5, 0.6) is 5.75 Å². The topological polar surface area (TPSA) is 137 Å². The lowest BCUT2D eigenvalue weighted by Gasteiger charge is -2.19. The number of carboxylic acid groups (broad SMARTS) is 1. The summed E-state index contributed by atoms with van der Waals surface area (Å²) in [4.78, 5) is 27.4. The summed E-state index contributed by atoms with van der Waals surface area (Å²) in [7, 11) is 1.44. The van der Waals surface area contributed by atoms with Gasteiger partial charge in [0.2, 0.25) is 5.91 Å². The lowest BCUT2D eigenvalue weighted by molar-refractivity contribution is -0.118. The van der Waals surface area contributed by atoms with E-state index in [0.717, 1.165) is 0 Å². The molecule has 0 radical (unpaired) electrons. The Bertz CT molecular complexity index is 855. The number of methoxy groups -OCH3 is 1. The van der Waals surface area contributed by atoms with Crippen LogP contribution in [-0.2, 0) is 4.79 Å². The minimum atomic E-state index is -1.30. The van der Waals surface area contributed by atoms with Gasteiger partial charge in [-0.25, -0.2) is 9.78 Å². The van der Waals surface area contributed by atoms with Crippen LogP contribution in [0.15, 0.2) is 29.1 Å². The molecule has 0 saturated carbocycles. The van der Waals surface area contributed by atoms with Crippen LogP contribution >= 0.6 is 0 Å². The molecule has 2 aromatic rings. The number of benzene rings is 1. The molecule has 0 aliphatic rings. The Hall–Kier alpha value is -3.54. The van der Waals surface area contributed by atoms with Crippen LogP contribution < -0.4 is 15.4 Å². The molecule has 27 heavy (non-hydrogen) atoms. The van der Waals surface area contributed by atoms with Crippen molar-refractivity contribution in [3.63, 3.8) is 0 Å². The van der Waals surface area contributed by atoms with Crippen molar-refractivity contribution in [2.24, 2.45) is 5.92 Å². The van der Waals surface area contributed by atoms with Crippen molar-refractivity contribution in [2.45, 2.75) is 26.3 Å². The van der Waals surface area contributed by atoms with E-state index in [1.54, 1.807) is 0 Å². The number of aromatic nitrogens is 1. The molecule has 1 atom stereocenters. The third-order valence-corrected chi connectivity index (χ3v) is 3.74. The molecule has 0 aliphatic carbocycles. The second-order valence-corrected chi connectivity index (χ2v) is 6.20. The highest BCUT2D eigenvalue weighted by molar-refractivity contribution is 5.98. The van der Waals surface area contributed by atoms with Crippen LogP contribution in [0, 0.1) is 17.2 Å². The Labute approximate surface area is 156 Å². The molecule has 0 bridgehead atoms. The molecule has 1 aromatic heterocycles. The molecule has 1 unspecified atom stereocenters.